The van der Waals surface area contributed by atoms with E-state index in [0.29, 0.717) is 12.2 Å². The van der Waals surface area contributed by atoms with Crippen LogP contribution in [0.15, 0.2) is 0 Å². The lowest BCUT2D eigenvalue weighted by Gasteiger charge is -2.17. The third-order valence-electron chi connectivity index (χ3n) is 6.11. The van der Waals surface area contributed by atoms with Gasteiger partial charge in [-0.2, -0.15) is 5.21 Å². The van der Waals surface area contributed by atoms with Gasteiger partial charge in [0, 0.05) is 38.6 Å². The van der Waals surface area contributed by atoms with Crippen molar-refractivity contribution in [1.29, 1.82) is 0 Å². The van der Waals surface area contributed by atoms with Crippen LogP contribution in [0.25, 0.3) is 0 Å². The summed E-state index contributed by atoms with van der Waals surface area (Å²) in [6, 6.07) is -2.97. The van der Waals surface area contributed by atoms with Gasteiger partial charge in [-0.05, 0) is 32.6 Å². The first-order chi connectivity index (χ1) is 22.7. The Balaban J connectivity index is 2.34. The summed E-state index contributed by atoms with van der Waals surface area (Å²) in [6.07, 6.45) is -1.56. The number of tetrazole rings is 1. The molecule has 0 aliphatic heterocycles. The van der Waals surface area contributed by atoms with Crippen molar-refractivity contribution < 1.29 is 61.7 Å². The Kier molecular flexibility index (Phi) is 19.8. The average molecular weight is 707 g/mol. The summed E-state index contributed by atoms with van der Waals surface area (Å²) in [5.41, 5.74) is 0. The molecular formula is C26H42N8O13S. The van der Waals surface area contributed by atoms with E-state index in [1.807, 2.05) is 4.72 Å². The smallest absolute Gasteiger partial charge is 0.326 e. The number of H-pyrrole nitrogens is 1. The Hall–Kier alpha value is -4.57. The summed E-state index contributed by atoms with van der Waals surface area (Å²) in [4.78, 5) is 82.4. The van der Waals surface area contributed by atoms with Crippen LogP contribution in [0.4, 0.5) is 0 Å². The van der Waals surface area contributed by atoms with E-state index in [1.165, 1.54) is 6.92 Å². The molecule has 0 aliphatic carbocycles. The quantitative estimate of drug-likeness (QED) is 0.0454. The lowest BCUT2D eigenvalue weighted by atomic mass is 10.1. The SMILES string of the molecule is CC(=O)COCCOCCNC(=O)CCC(NC(=O)CCC(NC(=O)CCCS(=O)(=O)NC(=O)CCCc1nn[nH]n1)C(=O)O)C(=O)O. The summed E-state index contributed by atoms with van der Waals surface area (Å²) in [7, 11) is -4.06. The topological polar surface area (TPSA) is 315 Å². The molecule has 0 saturated heterocycles. The highest BCUT2D eigenvalue weighted by Gasteiger charge is 2.25. The molecule has 7 N–H and O–H groups in total. The van der Waals surface area contributed by atoms with E-state index in [9.17, 15) is 52.2 Å². The number of aliphatic carboxylic acids is 2. The molecule has 0 radical (unpaired) electrons. The molecule has 0 bridgehead atoms. The number of aryl methyl sites for hydroxylation is 1. The largest absolute Gasteiger partial charge is 0.480 e. The van der Waals surface area contributed by atoms with Crippen LogP contribution in [0.5, 0.6) is 0 Å². The summed E-state index contributed by atoms with van der Waals surface area (Å²) in [5.74, 6) is -6.13. The van der Waals surface area contributed by atoms with E-state index in [2.05, 4.69) is 36.6 Å². The molecule has 21 nitrogen and oxygen atoms in total. The highest BCUT2D eigenvalue weighted by molar-refractivity contribution is 7.90. The lowest BCUT2D eigenvalue weighted by molar-refractivity contribution is -0.143. The summed E-state index contributed by atoms with van der Waals surface area (Å²) < 4.78 is 36.4. The minimum Gasteiger partial charge on any atom is -0.480 e. The Morgan fingerprint density at radius 2 is 1.38 bits per heavy atom. The van der Waals surface area contributed by atoms with Crippen LogP contribution >= 0.6 is 0 Å². The predicted octanol–water partition coefficient (Wildman–Crippen LogP) is -2.81. The summed E-state index contributed by atoms with van der Waals surface area (Å²) in [5, 5.41) is 38.8. The molecular weight excluding hydrogens is 664 g/mol. The fourth-order valence-corrected chi connectivity index (χ4v) is 4.85. The highest BCUT2D eigenvalue weighted by atomic mass is 32.2. The van der Waals surface area contributed by atoms with Crippen molar-refractivity contribution in [3.63, 3.8) is 0 Å². The van der Waals surface area contributed by atoms with Crippen LogP contribution in [-0.2, 0) is 59.5 Å². The average Bonchev–Trinajstić information content (AvgIpc) is 3.51. The van der Waals surface area contributed by atoms with Gasteiger partial charge in [0.25, 0.3) is 0 Å². The van der Waals surface area contributed by atoms with Crippen molar-refractivity contribution in [2.45, 2.75) is 76.8 Å². The Morgan fingerprint density at radius 1 is 0.792 bits per heavy atom. The second-order valence-corrected chi connectivity index (χ2v) is 12.2. The number of hydrogen-bond donors (Lipinski definition) is 7. The highest BCUT2D eigenvalue weighted by Crippen LogP contribution is 2.05. The van der Waals surface area contributed by atoms with Gasteiger partial charge in [0.05, 0.1) is 25.6 Å². The molecule has 0 fully saturated rings. The first kappa shape index (κ1) is 41.5. The Bertz CT molecular complexity index is 1320. The van der Waals surface area contributed by atoms with E-state index in [4.69, 9.17) is 9.47 Å². The number of amides is 4. The second-order valence-electron chi connectivity index (χ2n) is 10.3. The third kappa shape index (κ3) is 20.5. The maximum absolute atomic E-state index is 12.3. The number of hydrogen-bond acceptors (Lipinski definition) is 14. The van der Waals surface area contributed by atoms with Crippen LogP contribution in [-0.4, -0.2) is 131 Å². The zero-order valence-electron chi connectivity index (χ0n) is 26.4. The van der Waals surface area contributed by atoms with Gasteiger partial charge >= 0.3 is 11.9 Å². The van der Waals surface area contributed by atoms with Crippen molar-refractivity contribution in [3.05, 3.63) is 5.82 Å². The molecule has 2 unspecified atom stereocenters. The fourth-order valence-electron chi connectivity index (χ4n) is 3.78. The van der Waals surface area contributed by atoms with Crippen molar-refractivity contribution in [3.8, 4) is 0 Å². The van der Waals surface area contributed by atoms with Crippen molar-refractivity contribution in [2.75, 3.05) is 38.7 Å². The molecule has 1 aromatic rings. The second kappa shape index (κ2) is 22.9. The van der Waals surface area contributed by atoms with Gasteiger partial charge in [0.15, 0.2) is 11.6 Å². The lowest BCUT2D eigenvalue weighted by Crippen LogP contribution is -2.44. The van der Waals surface area contributed by atoms with E-state index < -0.39 is 82.7 Å². The molecule has 1 rings (SSSR count). The number of ketones is 1. The Labute approximate surface area is 275 Å². The molecule has 48 heavy (non-hydrogen) atoms. The van der Waals surface area contributed by atoms with Crippen LogP contribution in [0.1, 0.15) is 64.1 Å². The normalized spacial score (nSPS) is 12.4. The summed E-state index contributed by atoms with van der Waals surface area (Å²) >= 11 is 0. The van der Waals surface area contributed by atoms with E-state index in [1.54, 1.807) is 0 Å². The number of sulfonamides is 1. The molecule has 0 aromatic carbocycles. The number of Topliss-reactive ketones (excluding diaryl/α,β-unsaturated/α-hetero) is 1. The van der Waals surface area contributed by atoms with Crippen LogP contribution in [0.3, 0.4) is 0 Å². The number of aromatic amines is 1. The number of nitrogens with one attached hydrogen (secondary N) is 5. The zero-order chi connectivity index (χ0) is 36.0. The molecule has 0 spiro atoms. The monoisotopic (exact) mass is 706 g/mol. The molecule has 0 saturated carbocycles. The molecule has 2 atom stereocenters. The molecule has 270 valence electrons. The van der Waals surface area contributed by atoms with Crippen LogP contribution in [0, 0.1) is 0 Å². The van der Waals surface area contributed by atoms with Gasteiger partial charge < -0.3 is 35.6 Å². The zero-order valence-corrected chi connectivity index (χ0v) is 27.2. The number of aromatic nitrogens is 4. The molecule has 22 heteroatoms. The third-order valence-corrected chi connectivity index (χ3v) is 7.48. The van der Waals surface area contributed by atoms with Gasteiger partial charge in [0.1, 0.15) is 18.7 Å². The molecule has 4 amide bonds. The minimum atomic E-state index is -4.06. The van der Waals surface area contributed by atoms with Gasteiger partial charge in [-0.15, -0.1) is 10.2 Å². The molecule has 0 aliphatic rings. The molecule has 1 aromatic heterocycles. The number of carbonyl (C=O) groups excluding carboxylic acids is 5. The number of carboxylic acids is 2. The maximum Gasteiger partial charge on any atom is 0.326 e. The van der Waals surface area contributed by atoms with Crippen molar-refractivity contribution in [1.82, 2.24) is 41.3 Å². The van der Waals surface area contributed by atoms with Crippen molar-refractivity contribution in [2.24, 2.45) is 0 Å². The molecule has 1 heterocycles. The first-order valence-corrected chi connectivity index (χ1v) is 16.5. The minimum absolute atomic E-state index is 0.0223. The van der Waals surface area contributed by atoms with Gasteiger partial charge in [-0.1, -0.05) is 5.21 Å². The van der Waals surface area contributed by atoms with Gasteiger partial charge in [-0.3, -0.25) is 28.7 Å². The number of nitrogens with zero attached hydrogens (tertiary/aromatic N) is 3. The number of carbonyl (C=O) groups is 7. The number of rotatable bonds is 27. The number of ether oxygens (including phenoxy) is 2. The fraction of sp³-hybridized carbons (Fsp3) is 0.692. The maximum atomic E-state index is 12.3. The standard InChI is InChI=1S/C26H42N8O13S/c1-17(35)16-47-14-13-46-12-11-27-21(36)9-7-18(25(40)41)29-23(38)10-8-19(26(42)43)28-22(37)6-3-15-48(44,45)32-24(39)5-2-4-20-30-33-34-31-20/h18-19H,2-16H2,1H3,(H,27,36)(H,28,37)(H,29,38)(H,32,39)(H,40,41)(H,42,43)(H,30,31,33,34). The van der Waals surface area contributed by atoms with Gasteiger partial charge in [-0.25, -0.2) is 18.0 Å². The first-order valence-electron chi connectivity index (χ1n) is 14.9. The van der Waals surface area contributed by atoms with E-state index in [0.717, 1.165) is 0 Å². The van der Waals surface area contributed by atoms with E-state index >= 15 is 0 Å². The van der Waals surface area contributed by atoms with Crippen LogP contribution < -0.4 is 20.7 Å². The predicted molar refractivity (Wildman–Crippen MR) is 161 cm³/mol. The van der Waals surface area contributed by atoms with Crippen LogP contribution in [0.2, 0.25) is 0 Å². The Morgan fingerprint density at radius 3 is 1.96 bits per heavy atom. The summed E-state index contributed by atoms with van der Waals surface area (Å²) in [6.45, 7) is 2.06. The van der Waals surface area contributed by atoms with Gasteiger partial charge in [0.2, 0.25) is 33.7 Å². The van der Waals surface area contributed by atoms with Crippen molar-refractivity contribution >= 4 is 51.4 Å². The van der Waals surface area contributed by atoms with E-state index in [-0.39, 0.29) is 70.9 Å². The number of carboxylic acid groups (broad SMARTS) is 2.